The first kappa shape index (κ1) is 18.9. The van der Waals surface area contributed by atoms with E-state index >= 15 is 0 Å². The summed E-state index contributed by atoms with van der Waals surface area (Å²) >= 11 is 0. The van der Waals surface area contributed by atoms with Crippen LogP contribution in [0.3, 0.4) is 0 Å². The van der Waals surface area contributed by atoms with Gasteiger partial charge in [0.1, 0.15) is 28.9 Å². The second kappa shape index (κ2) is 7.54. The first-order valence-corrected chi connectivity index (χ1v) is 9.05. The number of halogens is 2. The monoisotopic (exact) mass is 399 g/mol. The van der Waals surface area contributed by atoms with E-state index in [-0.39, 0.29) is 11.4 Å². The number of pyridine rings is 1. The van der Waals surface area contributed by atoms with E-state index in [1.54, 1.807) is 43.4 Å². The third-order valence-corrected chi connectivity index (χ3v) is 4.95. The molecule has 29 heavy (non-hydrogen) atoms. The normalized spacial score (nSPS) is 16.3. The summed E-state index contributed by atoms with van der Waals surface area (Å²) in [5.41, 5.74) is 1.17. The summed E-state index contributed by atoms with van der Waals surface area (Å²) in [5.74, 6) is -0.438. The molecule has 2 heterocycles. The van der Waals surface area contributed by atoms with Gasteiger partial charge < -0.3 is 19.7 Å². The van der Waals surface area contributed by atoms with E-state index in [0.29, 0.717) is 41.2 Å². The van der Waals surface area contributed by atoms with E-state index in [1.165, 1.54) is 12.3 Å². The fourth-order valence-electron chi connectivity index (χ4n) is 3.51. The van der Waals surface area contributed by atoms with Gasteiger partial charge in [0.2, 0.25) is 5.91 Å². The van der Waals surface area contributed by atoms with Crippen molar-refractivity contribution in [2.24, 2.45) is 0 Å². The number of carbonyl (C=O) groups is 1. The summed E-state index contributed by atoms with van der Waals surface area (Å²) in [6, 6.07) is 8.31. The van der Waals surface area contributed by atoms with Crippen molar-refractivity contribution in [1.29, 1.82) is 0 Å². The number of hydrogen-bond donors (Lipinski definition) is 1. The Kier molecular flexibility index (Phi) is 4.92. The molecule has 1 amide bonds. The lowest BCUT2D eigenvalue weighted by Crippen LogP contribution is -2.33. The maximum atomic E-state index is 14.0. The van der Waals surface area contributed by atoms with Gasteiger partial charge in [0.15, 0.2) is 5.82 Å². The lowest BCUT2D eigenvalue weighted by Gasteiger charge is -2.19. The molecule has 1 aliphatic heterocycles. The van der Waals surface area contributed by atoms with Crippen molar-refractivity contribution < 1.29 is 23.0 Å². The van der Waals surface area contributed by atoms with Crippen LogP contribution in [0.15, 0.2) is 42.6 Å². The number of anilines is 2. The summed E-state index contributed by atoms with van der Waals surface area (Å²) in [4.78, 5) is 18.6. The number of nitrogens with one attached hydrogen (secondary N) is 1. The highest BCUT2D eigenvalue weighted by molar-refractivity contribution is 6.02. The zero-order chi connectivity index (χ0) is 20.5. The molecule has 1 atom stereocenters. The third kappa shape index (κ3) is 3.53. The molecule has 3 aromatic rings. The Bertz CT molecular complexity index is 1070. The molecule has 150 valence electrons. The molecule has 1 fully saturated rings. The highest BCUT2D eigenvalue weighted by Crippen LogP contribution is 2.32. The molecule has 2 aromatic carbocycles. The Hall–Kier alpha value is -3.42. The largest absolute Gasteiger partial charge is 0.497 e. The molecule has 1 aromatic heterocycles. The minimum absolute atomic E-state index is 0.0521. The SMILES string of the molecule is COc1cc(OC)cc(N2CCC(Nc3ccnc4c(F)cc(F)cc34)C2=O)c1. The number of benzene rings is 2. The van der Waals surface area contributed by atoms with Crippen LogP contribution in [0.4, 0.5) is 20.2 Å². The molecule has 0 bridgehead atoms. The predicted octanol–water partition coefficient (Wildman–Crippen LogP) is 3.75. The predicted molar refractivity (Wildman–Crippen MR) is 106 cm³/mol. The van der Waals surface area contributed by atoms with Gasteiger partial charge in [-0.3, -0.25) is 9.78 Å². The number of amides is 1. The van der Waals surface area contributed by atoms with Gasteiger partial charge in [0.05, 0.1) is 19.9 Å². The Morgan fingerprint density at radius 1 is 1.10 bits per heavy atom. The summed E-state index contributed by atoms with van der Waals surface area (Å²) in [7, 11) is 3.09. The highest BCUT2D eigenvalue weighted by atomic mass is 19.1. The van der Waals surface area contributed by atoms with E-state index < -0.39 is 17.7 Å². The van der Waals surface area contributed by atoms with Crippen LogP contribution in [-0.2, 0) is 4.79 Å². The first-order chi connectivity index (χ1) is 14.0. The average molecular weight is 399 g/mol. The fraction of sp³-hybridized carbons (Fsp3) is 0.238. The van der Waals surface area contributed by atoms with Crippen LogP contribution in [0, 0.1) is 11.6 Å². The highest BCUT2D eigenvalue weighted by Gasteiger charge is 2.33. The number of methoxy groups -OCH3 is 2. The maximum Gasteiger partial charge on any atom is 0.249 e. The summed E-state index contributed by atoms with van der Waals surface area (Å²) in [6.07, 6.45) is 1.95. The molecule has 0 aliphatic carbocycles. The molecule has 0 radical (unpaired) electrons. The lowest BCUT2D eigenvalue weighted by molar-refractivity contribution is -0.117. The van der Waals surface area contributed by atoms with Crippen LogP contribution in [0.1, 0.15) is 6.42 Å². The summed E-state index contributed by atoms with van der Waals surface area (Å²) in [5, 5.41) is 3.41. The zero-order valence-corrected chi connectivity index (χ0v) is 15.9. The van der Waals surface area contributed by atoms with Crippen LogP contribution in [-0.4, -0.2) is 37.7 Å². The number of carbonyl (C=O) groups excluding carboxylic acids is 1. The molecule has 1 aliphatic rings. The first-order valence-electron chi connectivity index (χ1n) is 9.05. The van der Waals surface area contributed by atoms with Gasteiger partial charge in [0, 0.05) is 48.1 Å². The molecule has 8 heteroatoms. The van der Waals surface area contributed by atoms with Gasteiger partial charge in [-0.1, -0.05) is 0 Å². The van der Waals surface area contributed by atoms with Crippen molar-refractivity contribution in [3.05, 3.63) is 54.2 Å². The van der Waals surface area contributed by atoms with Crippen molar-refractivity contribution in [3.8, 4) is 11.5 Å². The summed E-state index contributed by atoms with van der Waals surface area (Å²) < 4.78 is 38.3. The third-order valence-electron chi connectivity index (χ3n) is 4.95. The molecular weight excluding hydrogens is 380 g/mol. The molecule has 6 nitrogen and oxygen atoms in total. The summed E-state index contributed by atoms with van der Waals surface area (Å²) in [6.45, 7) is 0.485. The number of fused-ring (bicyclic) bond motifs is 1. The molecule has 0 spiro atoms. The zero-order valence-electron chi connectivity index (χ0n) is 15.9. The molecule has 1 unspecified atom stereocenters. The molecular formula is C21H19F2N3O3. The Balaban J connectivity index is 1.62. The van der Waals surface area contributed by atoms with Gasteiger partial charge in [-0.25, -0.2) is 8.78 Å². The molecule has 1 saturated heterocycles. The smallest absolute Gasteiger partial charge is 0.249 e. The number of aromatic nitrogens is 1. The van der Waals surface area contributed by atoms with Crippen LogP contribution in [0.25, 0.3) is 10.9 Å². The fourth-order valence-corrected chi connectivity index (χ4v) is 3.51. The second-order valence-electron chi connectivity index (χ2n) is 6.69. The minimum atomic E-state index is -0.744. The van der Waals surface area contributed by atoms with E-state index in [0.717, 1.165) is 6.07 Å². The Morgan fingerprint density at radius 2 is 1.83 bits per heavy atom. The molecule has 0 saturated carbocycles. The van der Waals surface area contributed by atoms with Crippen LogP contribution in [0.5, 0.6) is 11.5 Å². The quantitative estimate of drug-likeness (QED) is 0.708. The Labute approximate surface area is 166 Å². The van der Waals surface area contributed by atoms with Crippen molar-refractivity contribution in [2.75, 3.05) is 31.0 Å². The van der Waals surface area contributed by atoms with Gasteiger partial charge in [-0.15, -0.1) is 0 Å². The van der Waals surface area contributed by atoms with Crippen LogP contribution >= 0.6 is 0 Å². The van der Waals surface area contributed by atoms with E-state index in [4.69, 9.17) is 9.47 Å². The van der Waals surface area contributed by atoms with Crippen molar-refractivity contribution in [2.45, 2.75) is 12.5 Å². The average Bonchev–Trinajstić information content (AvgIpc) is 3.08. The standard InChI is InChI=1S/C21H19F2N3O3/c1-28-14-9-13(10-15(11-14)29-2)26-6-4-19(21(26)27)25-18-3-5-24-20-16(18)7-12(22)8-17(20)23/h3,5,7-11,19H,4,6H2,1-2H3,(H,24,25). The maximum absolute atomic E-state index is 14.0. The van der Waals surface area contributed by atoms with E-state index in [2.05, 4.69) is 10.3 Å². The molecule has 4 rings (SSSR count). The number of rotatable bonds is 5. The van der Waals surface area contributed by atoms with Gasteiger partial charge >= 0.3 is 0 Å². The van der Waals surface area contributed by atoms with Crippen molar-refractivity contribution in [1.82, 2.24) is 4.98 Å². The van der Waals surface area contributed by atoms with Crippen LogP contribution in [0.2, 0.25) is 0 Å². The number of ether oxygens (including phenoxy) is 2. The minimum Gasteiger partial charge on any atom is -0.497 e. The van der Waals surface area contributed by atoms with Gasteiger partial charge in [-0.05, 0) is 18.6 Å². The lowest BCUT2D eigenvalue weighted by atomic mass is 10.1. The molecule has 1 N–H and O–H groups in total. The number of nitrogens with zero attached hydrogens (tertiary/aromatic N) is 2. The van der Waals surface area contributed by atoms with E-state index in [9.17, 15) is 13.6 Å². The van der Waals surface area contributed by atoms with Gasteiger partial charge in [-0.2, -0.15) is 0 Å². The topological polar surface area (TPSA) is 63.7 Å². The van der Waals surface area contributed by atoms with Crippen molar-refractivity contribution >= 4 is 28.2 Å². The van der Waals surface area contributed by atoms with Crippen molar-refractivity contribution in [3.63, 3.8) is 0 Å². The van der Waals surface area contributed by atoms with Crippen LogP contribution < -0.4 is 19.7 Å². The number of hydrogen-bond acceptors (Lipinski definition) is 5. The Morgan fingerprint density at radius 3 is 2.52 bits per heavy atom. The van der Waals surface area contributed by atoms with Gasteiger partial charge in [0.25, 0.3) is 0 Å². The second-order valence-corrected chi connectivity index (χ2v) is 6.69. The van der Waals surface area contributed by atoms with E-state index in [1.807, 2.05) is 0 Å².